The first-order valence-corrected chi connectivity index (χ1v) is 5.97. The predicted molar refractivity (Wildman–Crippen MR) is 74.0 cm³/mol. The van der Waals surface area contributed by atoms with Crippen LogP contribution in [0.4, 0.5) is 5.69 Å². The number of nitrogens with zero attached hydrogens (tertiary/aromatic N) is 2. The van der Waals surface area contributed by atoms with Gasteiger partial charge < -0.3 is 10.1 Å². The Bertz CT molecular complexity index is 600. The molecule has 1 aromatic heterocycles. The molecule has 0 aliphatic carbocycles. The molecule has 0 saturated carbocycles. The number of ether oxygens (including phenoxy) is 1. The van der Waals surface area contributed by atoms with Gasteiger partial charge >= 0.3 is 0 Å². The first-order valence-electron chi connectivity index (χ1n) is 5.97. The number of methoxy groups -OCH3 is 1. The molecule has 1 heterocycles. The van der Waals surface area contributed by atoms with Crippen molar-refractivity contribution in [3.63, 3.8) is 0 Å². The third-order valence-electron chi connectivity index (χ3n) is 2.87. The van der Waals surface area contributed by atoms with Crippen LogP contribution in [0.25, 0.3) is 0 Å². The molecule has 2 rings (SSSR count). The van der Waals surface area contributed by atoms with Crippen molar-refractivity contribution in [2.75, 3.05) is 12.4 Å². The number of hydrogen-bond acceptors (Lipinski definition) is 4. The molecule has 1 aromatic carbocycles. The van der Waals surface area contributed by atoms with E-state index in [4.69, 9.17) is 10.00 Å². The van der Waals surface area contributed by atoms with E-state index in [-0.39, 0.29) is 0 Å². The minimum absolute atomic E-state index is 0.595. The fourth-order valence-electron chi connectivity index (χ4n) is 1.82. The Labute approximate surface area is 112 Å². The molecule has 0 aliphatic heterocycles. The summed E-state index contributed by atoms with van der Waals surface area (Å²) in [6.45, 7) is 2.60. The number of aromatic nitrogens is 1. The summed E-state index contributed by atoms with van der Waals surface area (Å²) in [6, 6.07) is 11.6. The number of pyridine rings is 1. The Kier molecular flexibility index (Phi) is 3.99. The summed E-state index contributed by atoms with van der Waals surface area (Å²) in [4.78, 5) is 4.15. The van der Waals surface area contributed by atoms with Crippen LogP contribution in [0.2, 0.25) is 0 Å². The van der Waals surface area contributed by atoms with Gasteiger partial charge in [-0.05, 0) is 24.1 Å². The van der Waals surface area contributed by atoms with Gasteiger partial charge in [0.05, 0.1) is 18.4 Å². The van der Waals surface area contributed by atoms with Crippen LogP contribution in [0.5, 0.6) is 5.88 Å². The number of rotatable bonds is 4. The number of para-hydroxylation sites is 1. The molecule has 1 N–H and O–H groups in total. The molecule has 4 nitrogen and oxygen atoms in total. The molecule has 2 aromatic rings. The lowest BCUT2D eigenvalue weighted by molar-refractivity contribution is 0.397. The number of nitrogens with one attached hydrogen (secondary N) is 1. The highest BCUT2D eigenvalue weighted by molar-refractivity contribution is 5.62. The Morgan fingerprint density at radius 3 is 2.79 bits per heavy atom. The summed E-state index contributed by atoms with van der Waals surface area (Å²) in [5.41, 5.74) is 3.62. The molecule has 0 fully saturated rings. The van der Waals surface area contributed by atoms with Crippen LogP contribution >= 0.6 is 0 Å². The minimum atomic E-state index is 0.595. The maximum Gasteiger partial charge on any atom is 0.212 e. The first-order chi connectivity index (χ1) is 9.24. The average molecular weight is 253 g/mol. The largest absolute Gasteiger partial charge is 0.481 e. The highest BCUT2D eigenvalue weighted by Crippen LogP contribution is 2.20. The van der Waals surface area contributed by atoms with Gasteiger partial charge in [-0.25, -0.2) is 4.98 Å². The van der Waals surface area contributed by atoms with E-state index in [2.05, 4.69) is 16.4 Å². The van der Waals surface area contributed by atoms with Crippen LogP contribution in [0.3, 0.4) is 0 Å². The Morgan fingerprint density at radius 2 is 2.16 bits per heavy atom. The fourth-order valence-corrected chi connectivity index (χ4v) is 1.82. The Morgan fingerprint density at radius 1 is 1.32 bits per heavy atom. The maximum atomic E-state index is 9.09. The van der Waals surface area contributed by atoms with Gasteiger partial charge in [-0.1, -0.05) is 18.2 Å². The molecule has 0 amide bonds. The number of hydrogen-bond donors (Lipinski definition) is 1. The van der Waals surface area contributed by atoms with Gasteiger partial charge in [0.25, 0.3) is 0 Å². The first kappa shape index (κ1) is 12.9. The van der Waals surface area contributed by atoms with Gasteiger partial charge in [0.1, 0.15) is 6.07 Å². The molecule has 4 heteroatoms. The molecule has 0 unspecified atom stereocenters. The standard InChI is InChI=1S/C15H15N3O/c1-11-4-3-5-13(8-16)15(11)18-10-12-6-7-14(19-2)17-9-12/h3-7,9,18H,10H2,1-2H3. The van der Waals surface area contributed by atoms with E-state index >= 15 is 0 Å². The van der Waals surface area contributed by atoms with Gasteiger partial charge in [0, 0.05) is 18.8 Å². The van der Waals surface area contributed by atoms with E-state index in [0.29, 0.717) is 18.0 Å². The molecule has 96 valence electrons. The molecule has 0 radical (unpaired) electrons. The summed E-state index contributed by atoms with van der Waals surface area (Å²) >= 11 is 0. The normalized spacial score (nSPS) is 9.74. The van der Waals surface area contributed by atoms with Crippen molar-refractivity contribution in [1.82, 2.24) is 4.98 Å². The molecule has 0 aliphatic rings. The van der Waals surface area contributed by atoms with Crippen molar-refractivity contribution < 1.29 is 4.74 Å². The second kappa shape index (κ2) is 5.87. The molecule has 0 bridgehead atoms. The quantitative estimate of drug-likeness (QED) is 0.910. The van der Waals surface area contributed by atoms with Gasteiger partial charge in [0.15, 0.2) is 0 Å². The zero-order valence-corrected chi connectivity index (χ0v) is 11.0. The number of nitriles is 1. The van der Waals surface area contributed by atoms with Crippen LogP contribution in [0.15, 0.2) is 36.5 Å². The molecule has 0 spiro atoms. The van der Waals surface area contributed by atoms with Crippen molar-refractivity contribution in [3.05, 3.63) is 53.2 Å². The summed E-state index contributed by atoms with van der Waals surface area (Å²) in [5.74, 6) is 0.595. The molecule has 0 saturated heterocycles. The summed E-state index contributed by atoms with van der Waals surface area (Å²) in [5, 5.41) is 12.4. The van der Waals surface area contributed by atoms with Crippen molar-refractivity contribution in [1.29, 1.82) is 5.26 Å². The van der Waals surface area contributed by atoms with E-state index in [1.165, 1.54) is 0 Å². The van der Waals surface area contributed by atoms with E-state index in [9.17, 15) is 0 Å². The van der Waals surface area contributed by atoms with Crippen LogP contribution in [-0.2, 0) is 6.54 Å². The second-order valence-electron chi connectivity index (χ2n) is 4.17. The lowest BCUT2D eigenvalue weighted by atomic mass is 10.1. The van der Waals surface area contributed by atoms with Crippen molar-refractivity contribution in [2.24, 2.45) is 0 Å². The summed E-state index contributed by atoms with van der Waals surface area (Å²) in [6.07, 6.45) is 1.76. The predicted octanol–water partition coefficient (Wildman–Crippen LogP) is 2.88. The van der Waals surface area contributed by atoms with Crippen LogP contribution in [0.1, 0.15) is 16.7 Å². The molecular formula is C15H15N3O. The summed E-state index contributed by atoms with van der Waals surface area (Å²) < 4.78 is 5.01. The molecular weight excluding hydrogens is 238 g/mol. The van der Waals surface area contributed by atoms with Crippen LogP contribution in [-0.4, -0.2) is 12.1 Å². The van der Waals surface area contributed by atoms with Gasteiger partial charge in [-0.2, -0.15) is 5.26 Å². The van der Waals surface area contributed by atoms with E-state index in [1.807, 2.05) is 37.3 Å². The third-order valence-corrected chi connectivity index (χ3v) is 2.87. The number of anilines is 1. The lowest BCUT2D eigenvalue weighted by Crippen LogP contribution is -2.03. The summed E-state index contributed by atoms with van der Waals surface area (Å²) in [7, 11) is 1.59. The number of aryl methyl sites for hydroxylation is 1. The van der Waals surface area contributed by atoms with Crippen molar-refractivity contribution in [3.8, 4) is 11.9 Å². The maximum absolute atomic E-state index is 9.09. The zero-order valence-electron chi connectivity index (χ0n) is 11.0. The monoisotopic (exact) mass is 253 g/mol. The van der Waals surface area contributed by atoms with Crippen LogP contribution < -0.4 is 10.1 Å². The fraction of sp³-hybridized carbons (Fsp3) is 0.200. The van der Waals surface area contributed by atoms with Gasteiger partial charge in [-0.3, -0.25) is 0 Å². The lowest BCUT2D eigenvalue weighted by Gasteiger charge is -2.11. The number of benzene rings is 1. The highest BCUT2D eigenvalue weighted by atomic mass is 16.5. The highest BCUT2D eigenvalue weighted by Gasteiger charge is 2.04. The van der Waals surface area contributed by atoms with Gasteiger partial charge in [-0.15, -0.1) is 0 Å². The Hall–Kier alpha value is -2.54. The average Bonchev–Trinajstić information content (AvgIpc) is 2.46. The van der Waals surface area contributed by atoms with E-state index < -0.39 is 0 Å². The zero-order chi connectivity index (χ0) is 13.7. The minimum Gasteiger partial charge on any atom is -0.481 e. The van der Waals surface area contributed by atoms with Gasteiger partial charge in [0.2, 0.25) is 5.88 Å². The van der Waals surface area contributed by atoms with Crippen LogP contribution in [0, 0.1) is 18.3 Å². The van der Waals surface area contributed by atoms with E-state index in [1.54, 1.807) is 13.3 Å². The van der Waals surface area contributed by atoms with Crippen molar-refractivity contribution >= 4 is 5.69 Å². The topological polar surface area (TPSA) is 57.9 Å². The van der Waals surface area contributed by atoms with E-state index in [0.717, 1.165) is 16.8 Å². The van der Waals surface area contributed by atoms with Crippen molar-refractivity contribution in [2.45, 2.75) is 13.5 Å². The Balaban J connectivity index is 2.12. The second-order valence-corrected chi connectivity index (χ2v) is 4.17. The molecule has 19 heavy (non-hydrogen) atoms. The third kappa shape index (κ3) is 3.02. The smallest absolute Gasteiger partial charge is 0.212 e. The molecule has 0 atom stereocenters. The SMILES string of the molecule is COc1ccc(CNc2c(C)cccc2C#N)cn1.